The van der Waals surface area contributed by atoms with Gasteiger partial charge in [-0.1, -0.05) is 57.9 Å². The Bertz CT molecular complexity index is 1160. The zero-order chi connectivity index (χ0) is 23.1. The molecule has 1 amide bonds. The number of amides is 1. The predicted molar refractivity (Wildman–Crippen MR) is 132 cm³/mol. The number of rotatable bonds is 7. The third-order valence-electron chi connectivity index (χ3n) is 4.32. The Morgan fingerprint density at radius 3 is 2.56 bits per heavy atom. The summed E-state index contributed by atoms with van der Waals surface area (Å²) in [5.74, 6) is -0.0608. The zero-order valence-electron chi connectivity index (χ0n) is 16.5. The highest BCUT2D eigenvalue weighted by molar-refractivity contribution is 9.10. The summed E-state index contributed by atoms with van der Waals surface area (Å²) in [6.07, 6.45) is 0.691. The first-order valence-electron chi connectivity index (χ1n) is 9.36. The first-order valence-corrected chi connectivity index (χ1v) is 10.9. The average Bonchev–Trinajstić information content (AvgIpc) is 2.76. The third kappa shape index (κ3) is 6.49. The number of hydrogen-bond acceptors (Lipinski definition) is 5. The molecule has 0 saturated heterocycles. The second-order valence-corrected chi connectivity index (χ2v) is 8.29. The van der Waals surface area contributed by atoms with Crippen molar-refractivity contribution in [3.63, 3.8) is 0 Å². The number of benzene rings is 3. The number of hydrogen-bond donors (Lipinski definition) is 2. The van der Waals surface area contributed by atoms with Gasteiger partial charge in [-0.05, 0) is 42.0 Å². The fourth-order valence-corrected chi connectivity index (χ4v) is 3.56. The molecule has 2 N–H and O–H groups in total. The maximum atomic E-state index is 12.8. The Balaban J connectivity index is 1.65. The maximum Gasteiger partial charge on any atom is 0.271 e. The standard InChI is InChI=1S/C22H17BrClN3O4S/c23-15-6-9-20(31-11-10-14-4-2-1-3-5-14)17(12-15)21(28)26-22(32)25-19-8-7-16(27(29)30)13-18(19)24/h1-9,12-13H,10-11H2,(H2,25,26,28,32). The minimum absolute atomic E-state index is 0.0130. The van der Waals surface area contributed by atoms with Crippen LogP contribution in [0.2, 0.25) is 5.02 Å². The number of thiocarbonyl (C=S) groups is 1. The Labute approximate surface area is 203 Å². The molecule has 0 bridgehead atoms. The molecule has 7 nitrogen and oxygen atoms in total. The number of carbonyl (C=O) groups is 1. The molecule has 0 atom stereocenters. The lowest BCUT2D eigenvalue weighted by Crippen LogP contribution is -2.34. The maximum absolute atomic E-state index is 12.8. The van der Waals surface area contributed by atoms with E-state index in [4.69, 9.17) is 28.6 Å². The van der Waals surface area contributed by atoms with E-state index in [0.29, 0.717) is 34.5 Å². The van der Waals surface area contributed by atoms with Crippen molar-refractivity contribution in [2.24, 2.45) is 0 Å². The highest BCUT2D eigenvalue weighted by Gasteiger charge is 2.16. The molecule has 0 aromatic heterocycles. The molecule has 3 aromatic carbocycles. The van der Waals surface area contributed by atoms with Gasteiger partial charge in [-0.2, -0.15) is 0 Å². The second kappa shape index (κ2) is 11.0. The van der Waals surface area contributed by atoms with Crippen LogP contribution in [-0.4, -0.2) is 22.5 Å². The summed E-state index contributed by atoms with van der Waals surface area (Å²) in [6, 6.07) is 18.9. The van der Waals surface area contributed by atoms with Gasteiger partial charge in [-0.15, -0.1) is 0 Å². The number of carbonyl (C=O) groups excluding carboxylic acids is 1. The Kier molecular flexibility index (Phi) is 8.15. The fraction of sp³-hybridized carbons (Fsp3) is 0.0909. The van der Waals surface area contributed by atoms with Gasteiger partial charge < -0.3 is 10.1 Å². The minimum atomic E-state index is -0.553. The highest BCUT2D eigenvalue weighted by Crippen LogP contribution is 2.27. The van der Waals surface area contributed by atoms with Crippen LogP contribution in [0.15, 0.2) is 71.2 Å². The quantitative estimate of drug-likeness (QED) is 0.227. The molecule has 3 rings (SSSR count). The van der Waals surface area contributed by atoms with E-state index in [0.717, 1.165) is 5.56 Å². The van der Waals surface area contributed by atoms with Gasteiger partial charge in [0.15, 0.2) is 5.11 Å². The number of non-ortho nitro benzene ring substituents is 1. The lowest BCUT2D eigenvalue weighted by Gasteiger charge is -2.14. The van der Waals surface area contributed by atoms with Gasteiger partial charge in [-0.25, -0.2) is 0 Å². The third-order valence-corrected chi connectivity index (χ3v) is 5.33. The number of ether oxygens (including phenoxy) is 1. The second-order valence-electron chi connectivity index (χ2n) is 6.55. The van der Waals surface area contributed by atoms with Crippen molar-refractivity contribution in [1.29, 1.82) is 0 Å². The van der Waals surface area contributed by atoms with Crippen molar-refractivity contribution >= 4 is 62.1 Å². The van der Waals surface area contributed by atoms with Gasteiger partial charge in [0.2, 0.25) is 0 Å². The van der Waals surface area contributed by atoms with Gasteiger partial charge >= 0.3 is 0 Å². The van der Waals surface area contributed by atoms with E-state index >= 15 is 0 Å². The van der Waals surface area contributed by atoms with Crippen LogP contribution in [-0.2, 0) is 6.42 Å². The molecule has 3 aromatic rings. The molecule has 0 fully saturated rings. The van der Waals surface area contributed by atoms with Crippen LogP contribution >= 0.6 is 39.7 Å². The van der Waals surface area contributed by atoms with E-state index in [1.54, 1.807) is 18.2 Å². The van der Waals surface area contributed by atoms with E-state index in [-0.39, 0.29) is 15.8 Å². The lowest BCUT2D eigenvalue weighted by molar-refractivity contribution is -0.384. The monoisotopic (exact) mass is 533 g/mol. The van der Waals surface area contributed by atoms with Crippen molar-refractivity contribution in [3.05, 3.63) is 97.5 Å². The first kappa shape index (κ1) is 23.6. The normalized spacial score (nSPS) is 10.3. The number of nitro groups is 1. The SMILES string of the molecule is O=C(NC(=S)Nc1ccc([N+](=O)[O-])cc1Cl)c1cc(Br)ccc1OCCc1ccccc1. The van der Waals surface area contributed by atoms with Crippen molar-refractivity contribution in [1.82, 2.24) is 5.32 Å². The van der Waals surface area contributed by atoms with E-state index in [2.05, 4.69) is 26.6 Å². The topological polar surface area (TPSA) is 93.5 Å². The van der Waals surface area contributed by atoms with Crippen LogP contribution in [0.5, 0.6) is 5.75 Å². The fourth-order valence-electron chi connectivity index (χ4n) is 2.77. The summed E-state index contributed by atoms with van der Waals surface area (Å²) in [6.45, 7) is 0.396. The summed E-state index contributed by atoms with van der Waals surface area (Å²) in [7, 11) is 0. The molecule has 0 aliphatic heterocycles. The van der Waals surface area contributed by atoms with Crippen LogP contribution in [0.3, 0.4) is 0 Å². The van der Waals surface area contributed by atoms with E-state index in [9.17, 15) is 14.9 Å². The molecule has 0 aliphatic rings. The number of anilines is 1. The summed E-state index contributed by atoms with van der Waals surface area (Å²) < 4.78 is 6.55. The molecular formula is C22H17BrClN3O4S. The molecule has 0 spiro atoms. The molecule has 32 heavy (non-hydrogen) atoms. The van der Waals surface area contributed by atoms with Crippen molar-refractivity contribution in [2.75, 3.05) is 11.9 Å². The summed E-state index contributed by atoms with van der Waals surface area (Å²) in [4.78, 5) is 23.1. The van der Waals surface area contributed by atoms with E-state index < -0.39 is 10.8 Å². The molecule has 0 saturated carbocycles. The van der Waals surface area contributed by atoms with Crippen LogP contribution in [0, 0.1) is 10.1 Å². The van der Waals surface area contributed by atoms with Crippen molar-refractivity contribution in [2.45, 2.75) is 6.42 Å². The summed E-state index contributed by atoms with van der Waals surface area (Å²) in [5, 5.41) is 16.3. The molecule has 0 heterocycles. The van der Waals surface area contributed by atoms with Crippen molar-refractivity contribution < 1.29 is 14.5 Å². The Morgan fingerprint density at radius 1 is 1.12 bits per heavy atom. The molecular weight excluding hydrogens is 518 g/mol. The largest absolute Gasteiger partial charge is 0.492 e. The number of nitrogens with zero attached hydrogens (tertiary/aromatic N) is 1. The van der Waals surface area contributed by atoms with Gasteiger partial charge in [0.25, 0.3) is 11.6 Å². The first-order chi connectivity index (χ1) is 15.3. The molecule has 0 aliphatic carbocycles. The van der Waals surface area contributed by atoms with E-state index in [1.165, 1.54) is 18.2 Å². The van der Waals surface area contributed by atoms with Gasteiger partial charge in [-0.3, -0.25) is 20.2 Å². The summed E-state index contributed by atoms with van der Waals surface area (Å²) >= 11 is 14.6. The molecule has 10 heteroatoms. The van der Waals surface area contributed by atoms with Crippen LogP contribution in [0.4, 0.5) is 11.4 Å². The number of nitro benzene ring substituents is 1. The Morgan fingerprint density at radius 2 is 1.88 bits per heavy atom. The van der Waals surface area contributed by atoms with Gasteiger partial charge in [0.1, 0.15) is 5.75 Å². The predicted octanol–water partition coefficient (Wildman–Crippen LogP) is 5.76. The Hall–Kier alpha value is -3.01. The lowest BCUT2D eigenvalue weighted by atomic mass is 10.1. The average molecular weight is 535 g/mol. The van der Waals surface area contributed by atoms with Gasteiger partial charge in [0.05, 0.1) is 27.8 Å². The molecule has 164 valence electrons. The zero-order valence-corrected chi connectivity index (χ0v) is 19.7. The molecule has 0 radical (unpaired) electrons. The van der Waals surface area contributed by atoms with Crippen LogP contribution in [0.25, 0.3) is 0 Å². The number of nitrogens with one attached hydrogen (secondary N) is 2. The van der Waals surface area contributed by atoms with Crippen molar-refractivity contribution in [3.8, 4) is 5.75 Å². The van der Waals surface area contributed by atoms with Gasteiger partial charge in [0, 0.05) is 23.0 Å². The van der Waals surface area contributed by atoms with Crippen LogP contribution in [0.1, 0.15) is 15.9 Å². The summed E-state index contributed by atoms with van der Waals surface area (Å²) in [5.41, 5.74) is 1.60. The smallest absolute Gasteiger partial charge is 0.271 e. The van der Waals surface area contributed by atoms with Crippen LogP contribution < -0.4 is 15.4 Å². The highest BCUT2D eigenvalue weighted by atomic mass is 79.9. The van der Waals surface area contributed by atoms with E-state index in [1.807, 2.05) is 30.3 Å². The minimum Gasteiger partial charge on any atom is -0.492 e. The number of halogens is 2. The molecule has 0 unspecified atom stereocenters.